The molecule has 9 heteroatoms. The topological polar surface area (TPSA) is 113 Å². The van der Waals surface area contributed by atoms with Gasteiger partial charge >= 0.3 is 0 Å². The Kier molecular flexibility index (Phi) is 5.08. The highest BCUT2D eigenvalue weighted by molar-refractivity contribution is 6.15. The number of nitrogens with one attached hydrogen (secondary N) is 3. The molecule has 2 amide bonds. The zero-order valence-electron chi connectivity index (χ0n) is 18.1. The maximum Gasteiger partial charge on any atom is 0.254 e. The van der Waals surface area contributed by atoms with Gasteiger partial charge in [-0.05, 0) is 37.8 Å². The number of hydrogen-bond acceptors (Lipinski definition) is 7. The fourth-order valence-corrected chi connectivity index (χ4v) is 3.75. The second kappa shape index (κ2) is 8.07. The fraction of sp³-hybridized carbons (Fsp3) is 0.348. The lowest BCUT2D eigenvalue weighted by atomic mass is 10.0. The molecule has 2 aliphatic rings. The van der Waals surface area contributed by atoms with Gasteiger partial charge in [-0.1, -0.05) is 36.8 Å². The lowest BCUT2D eigenvalue weighted by Gasteiger charge is -2.18. The number of anilines is 2. The number of benzene rings is 1. The Morgan fingerprint density at radius 1 is 1.22 bits per heavy atom. The molecule has 164 valence electrons. The number of rotatable bonds is 7. The van der Waals surface area contributed by atoms with Crippen LogP contribution in [-0.2, 0) is 9.59 Å². The van der Waals surface area contributed by atoms with Crippen LogP contribution in [0, 0.1) is 6.92 Å². The van der Waals surface area contributed by atoms with E-state index in [4.69, 9.17) is 9.97 Å². The molecule has 2 fully saturated rings. The van der Waals surface area contributed by atoms with Crippen molar-refractivity contribution in [1.29, 1.82) is 0 Å². The Bertz CT molecular complexity index is 1230. The second-order valence-electron chi connectivity index (χ2n) is 8.36. The SMILES string of the molecule is CCC(Nc1nc(NC2CC2)n2ncc(/C=C3\CC(=O)NC3=O)c2n1)c1ccc(C)cc1. The average Bonchev–Trinajstić information content (AvgIpc) is 3.41. The number of hydrogen-bond donors (Lipinski definition) is 3. The third-order valence-corrected chi connectivity index (χ3v) is 5.72. The fourth-order valence-electron chi connectivity index (χ4n) is 3.75. The van der Waals surface area contributed by atoms with Crippen LogP contribution in [0.5, 0.6) is 0 Å². The van der Waals surface area contributed by atoms with Crippen molar-refractivity contribution in [2.75, 3.05) is 10.6 Å². The monoisotopic (exact) mass is 431 g/mol. The average molecular weight is 432 g/mol. The molecule has 9 nitrogen and oxygen atoms in total. The van der Waals surface area contributed by atoms with Crippen molar-refractivity contribution < 1.29 is 9.59 Å². The Balaban J connectivity index is 1.53. The summed E-state index contributed by atoms with van der Waals surface area (Å²) in [5.41, 5.74) is 4.02. The summed E-state index contributed by atoms with van der Waals surface area (Å²) < 4.78 is 1.65. The first-order valence-corrected chi connectivity index (χ1v) is 10.9. The molecule has 1 atom stereocenters. The van der Waals surface area contributed by atoms with Gasteiger partial charge in [-0.25, -0.2) is 0 Å². The molecule has 0 radical (unpaired) electrons. The van der Waals surface area contributed by atoms with Gasteiger partial charge in [-0.15, -0.1) is 0 Å². The molecule has 0 bridgehead atoms. The van der Waals surface area contributed by atoms with Crippen molar-refractivity contribution in [3.05, 3.63) is 52.7 Å². The Hall–Kier alpha value is -3.75. The molecule has 1 aliphatic heterocycles. The maximum atomic E-state index is 12.0. The first-order chi connectivity index (χ1) is 15.5. The van der Waals surface area contributed by atoms with Crippen LogP contribution >= 0.6 is 0 Å². The van der Waals surface area contributed by atoms with Crippen LogP contribution in [0.15, 0.2) is 36.0 Å². The number of aromatic nitrogens is 4. The Labute approximate surface area is 185 Å². The van der Waals surface area contributed by atoms with Gasteiger partial charge in [-0.2, -0.15) is 19.6 Å². The van der Waals surface area contributed by atoms with Crippen molar-refractivity contribution >= 4 is 35.4 Å². The molecule has 1 aromatic carbocycles. The summed E-state index contributed by atoms with van der Waals surface area (Å²) in [6.45, 7) is 4.18. The van der Waals surface area contributed by atoms with Crippen LogP contribution < -0.4 is 16.0 Å². The molecular weight excluding hydrogens is 406 g/mol. The van der Waals surface area contributed by atoms with E-state index < -0.39 is 0 Å². The smallest absolute Gasteiger partial charge is 0.254 e. The second-order valence-corrected chi connectivity index (χ2v) is 8.36. The molecule has 32 heavy (non-hydrogen) atoms. The van der Waals surface area contributed by atoms with Gasteiger partial charge in [0.15, 0.2) is 5.65 Å². The Morgan fingerprint density at radius 2 is 2.00 bits per heavy atom. The minimum atomic E-state index is -0.372. The predicted molar refractivity (Wildman–Crippen MR) is 121 cm³/mol. The first-order valence-electron chi connectivity index (χ1n) is 10.9. The van der Waals surface area contributed by atoms with Gasteiger partial charge in [0.1, 0.15) is 0 Å². The third-order valence-electron chi connectivity index (χ3n) is 5.72. The van der Waals surface area contributed by atoms with E-state index in [1.165, 1.54) is 5.56 Å². The van der Waals surface area contributed by atoms with E-state index in [0.29, 0.717) is 34.7 Å². The molecule has 0 spiro atoms. The number of carbonyl (C=O) groups is 2. The molecule has 5 rings (SSSR count). The molecule has 1 saturated heterocycles. The Morgan fingerprint density at radius 3 is 2.66 bits per heavy atom. The lowest BCUT2D eigenvalue weighted by molar-refractivity contribution is -0.124. The number of aryl methyl sites for hydroxylation is 1. The summed E-state index contributed by atoms with van der Waals surface area (Å²) in [6.07, 6.45) is 6.43. The number of carbonyl (C=O) groups excluding carboxylic acids is 2. The van der Waals surface area contributed by atoms with Crippen LogP contribution in [0.4, 0.5) is 11.9 Å². The summed E-state index contributed by atoms with van der Waals surface area (Å²) in [4.78, 5) is 33.0. The quantitative estimate of drug-likeness (QED) is 0.389. The highest BCUT2D eigenvalue weighted by Crippen LogP contribution is 2.28. The summed E-state index contributed by atoms with van der Waals surface area (Å²) in [5, 5.41) is 13.6. The van der Waals surface area contributed by atoms with Gasteiger partial charge in [0.25, 0.3) is 5.91 Å². The molecule has 3 aromatic rings. The predicted octanol–water partition coefficient (Wildman–Crippen LogP) is 3.00. The largest absolute Gasteiger partial charge is 0.351 e. The van der Waals surface area contributed by atoms with Crippen molar-refractivity contribution in [1.82, 2.24) is 24.9 Å². The normalized spacial score (nSPS) is 18.2. The highest BCUT2D eigenvalue weighted by atomic mass is 16.2. The number of imide groups is 1. The van der Waals surface area contributed by atoms with Crippen molar-refractivity contribution in [3.63, 3.8) is 0 Å². The summed E-state index contributed by atoms with van der Waals surface area (Å²) in [6, 6.07) is 8.85. The zero-order chi connectivity index (χ0) is 22.2. The van der Waals surface area contributed by atoms with Crippen molar-refractivity contribution in [2.45, 2.75) is 51.6 Å². The summed E-state index contributed by atoms with van der Waals surface area (Å²) in [7, 11) is 0. The number of nitrogens with zero attached hydrogens (tertiary/aromatic N) is 4. The summed E-state index contributed by atoms with van der Waals surface area (Å²) >= 11 is 0. The highest BCUT2D eigenvalue weighted by Gasteiger charge is 2.26. The summed E-state index contributed by atoms with van der Waals surface area (Å²) in [5.74, 6) is 0.425. The third kappa shape index (κ3) is 4.05. The van der Waals surface area contributed by atoms with E-state index >= 15 is 0 Å². The molecule has 2 aromatic heterocycles. The van der Waals surface area contributed by atoms with E-state index in [1.54, 1.807) is 16.8 Å². The standard InChI is InChI=1S/C23H25N7O2/c1-3-18(14-6-4-13(2)5-7-14)26-22-28-20-16(10-15-11-19(31)27-21(15)32)12-24-30(20)23(29-22)25-17-8-9-17/h4-7,10,12,17-18H,3,8-9,11H2,1-2H3,(H,27,31,32)(H2,25,26,28,29)/b15-10+. The van der Waals surface area contributed by atoms with Gasteiger partial charge in [-0.3, -0.25) is 14.9 Å². The lowest BCUT2D eigenvalue weighted by Crippen LogP contribution is -2.19. The zero-order valence-corrected chi connectivity index (χ0v) is 18.1. The van der Waals surface area contributed by atoms with Crippen LogP contribution in [0.25, 0.3) is 11.7 Å². The van der Waals surface area contributed by atoms with Crippen molar-refractivity contribution in [3.8, 4) is 0 Å². The van der Waals surface area contributed by atoms with Gasteiger partial charge < -0.3 is 10.6 Å². The molecule has 3 N–H and O–H groups in total. The number of amides is 2. The van der Waals surface area contributed by atoms with E-state index in [9.17, 15) is 9.59 Å². The first kappa shape index (κ1) is 20.2. The van der Waals surface area contributed by atoms with Crippen molar-refractivity contribution in [2.24, 2.45) is 0 Å². The molecular formula is C23H25N7O2. The molecule has 3 heterocycles. The molecule has 1 aliphatic carbocycles. The van der Waals surface area contributed by atoms with Crippen LogP contribution in [0.2, 0.25) is 0 Å². The van der Waals surface area contributed by atoms with Crippen LogP contribution in [-0.4, -0.2) is 37.4 Å². The van der Waals surface area contributed by atoms with Gasteiger partial charge in [0.05, 0.1) is 18.7 Å². The van der Waals surface area contributed by atoms with E-state index in [2.05, 4.69) is 59.2 Å². The van der Waals surface area contributed by atoms with E-state index in [1.807, 2.05) is 0 Å². The van der Waals surface area contributed by atoms with Gasteiger partial charge in [0, 0.05) is 17.2 Å². The van der Waals surface area contributed by atoms with Crippen LogP contribution in [0.1, 0.15) is 55.3 Å². The number of fused-ring (bicyclic) bond motifs is 1. The van der Waals surface area contributed by atoms with Gasteiger partial charge in [0.2, 0.25) is 17.8 Å². The minimum Gasteiger partial charge on any atom is -0.351 e. The molecule has 1 saturated carbocycles. The van der Waals surface area contributed by atoms with Crippen LogP contribution in [0.3, 0.4) is 0 Å². The maximum absolute atomic E-state index is 12.0. The van der Waals surface area contributed by atoms with E-state index in [-0.39, 0.29) is 24.3 Å². The minimum absolute atomic E-state index is 0.0507. The van der Waals surface area contributed by atoms with E-state index in [0.717, 1.165) is 24.8 Å². The molecule has 1 unspecified atom stereocenters.